The Labute approximate surface area is 70.1 Å². The summed E-state index contributed by atoms with van der Waals surface area (Å²) < 4.78 is 0. The summed E-state index contributed by atoms with van der Waals surface area (Å²) in [7, 11) is 0. The van der Waals surface area contributed by atoms with Gasteiger partial charge in [-0.15, -0.1) is 0 Å². The molecule has 0 atom stereocenters. The standard InChI is InChI=1S/C6H5NO3.H2S/c8-6-4-2-1-3-5(6)7(9)10;/h1-4,8H;1H2. The van der Waals surface area contributed by atoms with Crippen molar-refractivity contribution in [2.24, 2.45) is 0 Å². The van der Waals surface area contributed by atoms with Crippen molar-refractivity contribution < 1.29 is 10.0 Å². The van der Waals surface area contributed by atoms with Crippen molar-refractivity contribution in [3.05, 3.63) is 34.4 Å². The van der Waals surface area contributed by atoms with Gasteiger partial charge in [-0.05, 0) is 5.75 Å². The number of nitro benzene ring substituents is 1. The number of hydrogen-bond donors (Lipinski definition) is 0. The van der Waals surface area contributed by atoms with Gasteiger partial charge >= 0.3 is 0 Å². The molecule has 4 nitrogen and oxygen atoms in total. The molecule has 11 heavy (non-hydrogen) atoms. The number of benzene rings is 1. The first-order valence-electron chi connectivity index (χ1n) is 2.62. The fourth-order valence-corrected chi connectivity index (χ4v) is 0.608. The third-order valence-electron chi connectivity index (χ3n) is 1.06. The summed E-state index contributed by atoms with van der Waals surface area (Å²) in [5.41, 5.74) is -0.373. The molecular formula is C6H7NO3S. The second-order valence-corrected chi connectivity index (χ2v) is 1.72. The molecule has 0 amide bonds. The maximum atomic E-state index is 10.6. The maximum absolute atomic E-state index is 10.6. The lowest BCUT2D eigenvalue weighted by atomic mass is 10.3. The lowest BCUT2D eigenvalue weighted by molar-refractivity contribution is -0.398. The van der Waals surface area contributed by atoms with Crippen LogP contribution in [0.2, 0.25) is 0 Å². The Bertz CT molecular complexity index is 264. The Morgan fingerprint density at radius 1 is 1.27 bits per heavy atom. The molecule has 0 bridgehead atoms. The highest BCUT2D eigenvalue weighted by atomic mass is 32.1. The summed E-state index contributed by atoms with van der Waals surface area (Å²) in [6.07, 6.45) is 0. The zero-order valence-corrected chi connectivity index (χ0v) is 6.71. The second kappa shape index (κ2) is 3.82. The van der Waals surface area contributed by atoms with Gasteiger partial charge in [0.1, 0.15) is 0 Å². The molecule has 0 N–H and O–H groups in total. The highest BCUT2D eigenvalue weighted by molar-refractivity contribution is 7.37. The average molecular weight is 173 g/mol. The molecule has 0 heterocycles. The highest BCUT2D eigenvalue weighted by Gasteiger charge is 2.02. The Morgan fingerprint density at radius 3 is 2.18 bits per heavy atom. The van der Waals surface area contributed by atoms with Crippen LogP contribution in [0.4, 0.5) is 5.69 Å². The van der Waals surface area contributed by atoms with Gasteiger partial charge in [-0.1, -0.05) is 31.7 Å². The fraction of sp³-hybridized carbons (Fsp3) is 0. The van der Waals surface area contributed by atoms with Gasteiger partial charge in [-0.2, -0.15) is 0 Å². The van der Waals surface area contributed by atoms with Crippen molar-refractivity contribution in [2.45, 2.75) is 0 Å². The van der Waals surface area contributed by atoms with E-state index in [0.29, 0.717) is 0 Å². The molecule has 1 aromatic carbocycles. The predicted octanol–water partition coefficient (Wildman–Crippen LogP) is -0.137. The van der Waals surface area contributed by atoms with Crippen LogP contribution in [0.3, 0.4) is 0 Å². The average Bonchev–Trinajstić information content (AvgIpc) is 1.88. The van der Waals surface area contributed by atoms with Crippen LogP contribution in [0.5, 0.6) is 5.75 Å². The third kappa shape index (κ3) is 2.12. The first-order valence-corrected chi connectivity index (χ1v) is 2.62. The zero-order chi connectivity index (χ0) is 7.56. The van der Waals surface area contributed by atoms with Gasteiger partial charge < -0.3 is 5.11 Å². The van der Waals surface area contributed by atoms with Crippen LogP contribution in [-0.4, -0.2) is 4.92 Å². The molecule has 0 aliphatic heterocycles. The van der Waals surface area contributed by atoms with E-state index in [2.05, 4.69) is 0 Å². The molecule has 0 spiro atoms. The summed E-state index contributed by atoms with van der Waals surface area (Å²) in [6.45, 7) is 0. The molecule has 1 rings (SSSR count). The van der Waals surface area contributed by atoms with Crippen molar-refractivity contribution in [2.75, 3.05) is 0 Å². The molecule has 0 unspecified atom stereocenters. The SMILES string of the molecule is O=[N+]([O-])c1ccccc1[O-].[SH3+]. The third-order valence-corrected chi connectivity index (χ3v) is 1.06. The molecule has 0 aliphatic carbocycles. The summed E-state index contributed by atoms with van der Waals surface area (Å²) in [4.78, 5) is 9.34. The van der Waals surface area contributed by atoms with Crippen LogP contribution in [0.1, 0.15) is 0 Å². The van der Waals surface area contributed by atoms with Gasteiger partial charge in [-0.25, -0.2) is 0 Å². The van der Waals surface area contributed by atoms with E-state index < -0.39 is 10.7 Å². The van der Waals surface area contributed by atoms with Gasteiger partial charge in [-0.3, -0.25) is 10.1 Å². The van der Waals surface area contributed by atoms with Crippen LogP contribution >= 0.6 is 0 Å². The molecule has 0 saturated carbocycles. The lowest BCUT2D eigenvalue weighted by Gasteiger charge is -2.02. The normalized spacial score (nSPS) is 8.36. The van der Waals surface area contributed by atoms with E-state index in [4.69, 9.17) is 0 Å². The second-order valence-electron chi connectivity index (χ2n) is 1.72. The smallest absolute Gasteiger partial charge is 0.261 e. The Kier molecular flexibility index (Phi) is 3.39. The van der Waals surface area contributed by atoms with Crippen molar-refractivity contribution in [1.29, 1.82) is 0 Å². The molecular weight excluding hydrogens is 166 g/mol. The quantitative estimate of drug-likeness (QED) is 0.337. The highest BCUT2D eigenvalue weighted by Crippen LogP contribution is 2.20. The zero-order valence-electron chi connectivity index (χ0n) is 5.56. The van der Waals surface area contributed by atoms with Gasteiger partial charge in [0, 0.05) is 6.07 Å². The molecule has 5 heteroatoms. The summed E-state index contributed by atoms with van der Waals surface area (Å²) in [5, 5.41) is 20.6. The van der Waals surface area contributed by atoms with Crippen LogP contribution < -0.4 is 5.11 Å². The fourth-order valence-electron chi connectivity index (χ4n) is 0.608. The molecule has 0 aromatic heterocycles. The van der Waals surface area contributed by atoms with Crippen molar-refractivity contribution in [1.82, 2.24) is 0 Å². The van der Waals surface area contributed by atoms with E-state index in [9.17, 15) is 15.2 Å². The van der Waals surface area contributed by atoms with Gasteiger partial charge in [0.25, 0.3) is 5.69 Å². The number of para-hydroxylation sites is 2. The lowest BCUT2D eigenvalue weighted by Crippen LogP contribution is -1.96. The van der Waals surface area contributed by atoms with Crippen LogP contribution in [0, 0.1) is 10.1 Å². The maximum Gasteiger partial charge on any atom is 0.261 e. The van der Waals surface area contributed by atoms with Gasteiger partial charge in [0.05, 0.1) is 4.92 Å². The largest absolute Gasteiger partial charge is 0.868 e. The molecule has 60 valence electrons. The Morgan fingerprint density at radius 2 is 1.82 bits per heavy atom. The number of rotatable bonds is 1. The predicted molar refractivity (Wildman–Crippen MR) is 44.1 cm³/mol. The van der Waals surface area contributed by atoms with Gasteiger partial charge in [0.2, 0.25) is 0 Å². The van der Waals surface area contributed by atoms with Crippen LogP contribution in [-0.2, 0) is 13.5 Å². The van der Waals surface area contributed by atoms with Crippen molar-refractivity contribution >= 4 is 19.2 Å². The first-order chi connectivity index (χ1) is 4.72. The van der Waals surface area contributed by atoms with E-state index in [1.54, 1.807) is 0 Å². The number of hydrogen-bond acceptors (Lipinski definition) is 3. The summed E-state index contributed by atoms with van der Waals surface area (Å²) in [6, 6.07) is 5.27. The number of nitrogens with zero attached hydrogens (tertiary/aromatic N) is 1. The van der Waals surface area contributed by atoms with E-state index in [0.717, 1.165) is 6.07 Å². The van der Waals surface area contributed by atoms with E-state index in [1.165, 1.54) is 18.2 Å². The van der Waals surface area contributed by atoms with Crippen LogP contribution in [0.25, 0.3) is 0 Å². The molecule has 0 radical (unpaired) electrons. The minimum absolute atomic E-state index is 0. The van der Waals surface area contributed by atoms with E-state index >= 15 is 0 Å². The Balaban J connectivity index is 0.000001000. The molecule has 0 fully saturated rings. The van der Waals surface area contributed by atoms with Crippen LogP contribution in [0.15, 0.2) is 24.3 Å². The van der Waals surface area contributed by atoms with Gasteiger partial charge in [0.15, 0.2) is 0 Å². The first kappa shape index (κ1) is 9.77. The minimum atomic E-state index is -0.692. The van der Waals surface area contributed by atoms with Crippen molar-refractivity contribution in [3.8, 4) is 5.75 Å². The number of nitro groups is 1. The molecule has 1 aromatic rings. The molecule has 0 aliphatic rings. The summed E-state index contributed by atoms with van der Waals surface area (Å²) in [5.74, 6) is -0.549. The topological polar surface area (TPSA) is 66.2 Å². The Hall–Kier alpha value is -1.23. The molecule has 0 saturated heterocycles. The van der Waals surface area contributed by atoms with E-state index in [1.807, 2.05) is 0 Å². The van der Waals surface area contributed by atoms with Crippen molar-refractivity contribution in [3.63, 3.8) is 0 Å². The minimum Gasteiger partial charge on any atom is -0.868 e. The monoisotopic (exact) mass is 173 g/mol. The van der Waals surface area contributed by atoms with E-state index in [-0.39, 0.29) is 19.2 Å². The summed E-state index contributed by atoms with van der Waals surface area (Å²) >= 11 is 0.